The van der Waals surface area contributed by atoms with Crippen LogP contribution in [0.15, 0.2) is 23.4 Å². The highest BCUT2D eigenvalue weighted by Crippen LogP contribution is 2.05. The van der Waals surface area contributed by atoms with Crippen LogP contribution in [0, 0.1) is 0 Å². The lowest BCUT2D eigenvalue weighted by atomic mass is 10.3. The number of nitrogens with one attached hydrogen (secondary N) is 1. The van der Waals surface area contributed by atoms with Crippen molar-refractivity contribution in [3.8, 4) is 0 Å². The number of nitrogens with zero attached hydrogens (tertiary/aromatic N) is 1. The minimum absolute atomic E-state index is 0.0353. The largest absolute Gasteiger partial charge is 0.326 e. The molecule has 0 aliphatic heterocycles. The predicted octanol–water partition coefficient (Wildman–Crippen LogP) is 0.229. The molecule has 6 heteroatoms. The van der Waals surface area contributed by atoms with Crippen LogP contribution >= 0.6 is 0 Å². The summed E-state index contributed by atoms with van der Waals surface area (Å²) in [6.45, 7) is 2.67. The van der Waals surface area contributed by atoms with Crippen LogP contribution in [0.2, 0.25) is 0 Å². The van der Waals surface area contributed by atoms with Gasteiger partial charge < -0.3 is 5.73 Å². The quantitative estimate of drug-likeness (QED) is 0.756. The molecule has 1 rings (SSSR count). The zero-order chi connectivity index (χ0) is 11.3. The molecule has 0 saturated carbocycles. The Labute approximate surface area is 89.8 Å². The second kappa shape index (κ2) is 5.20. The van der Waals surface area contributed by atoms with E-state index in [4.69, 9.17) is 5.73 Å². The maximum atomic E-state index is 11.6. The van der Waals surface area contributed by atoms with E-state index in [9.17, 15) is 8.42 Å². The Morgan fingerprint density at radius 1 is 1.47 bits per heavy atom. The lowest BCUT2D eigenvalue weighted by Gasteiger charge is -2.04. The van der Waals surface area contributed by atoms with Crippen molar-refractivity contribution < 1.29 is 8.42 Å². The van der Waals surface area contributed by atoms with Crippen LogP contribution in [0.5, 0.6) is 0 Å². The zero-order valence-corrected chi connectivity index (χ0v) is 9.42. The van der Waals surface area contributed by atoms with Gasteiger partial charge in [-0.25, -0.2) is 18.1 Å². The first-order chi connectivity index (χ1) is 7.10. The summed E-state index contributed by atoms with van der Waals surface area (Å²) < 4.78 is 25.6. The third-order valence-corrected chi connectivity index (χ3v) is 3.23. The van der Waals surface area contributed by atoms with Crippen LogP contribution in [0.4, 0.5) is 0 Å². The number of aromatic nitrogens is 1. The van der Waals surface area contributed by atoms with E-state index in [-0.39, 0.29) is 5.03 Å². The molecule has 0 amide bonds. The monoisotopic (exact) mass is 229 g/mol. The zero-order valence-electron chi connectivity index (χ0n) is 8.60. The third-order valence-electron chi connectivity index (χ3n) is 1.85. The van der Waals surface area contributed by atoms with Gasteiger partial charge in [0, 0.05) is 19.3 Å². The molecule has 5 nitrogen and oxygen atoms in total. The average Bonchev–Trinajstić information content (AvgIpc) is 2.26. The van der Waals surface area contributed by atoms with Gasteiger partial charge in [0.15, 0.2) is 5.03 Å². The number of rotatable bonds is 5. The summed E-state index contributed by atoms with van der Waals surface area (Å²) in [5, 5.41) is 0.0353. The van der Waals surface area contributed by atoms with E-state index in [2.05, 4.69) is 9.71 Å². The highest BCUT2D eigenvalue weighted by Gasteiger charge is 2.13. The smallest absolute Gasteiger partial charge is 0.258 e. The van der Waals surface area contributed by atoms with Gasteiger partial charge in [-0.3, -0.25) is 0 Å². The van der Waals surface area contributed by atoms with Crippen LogP contribution in [-0.4, -0.2) is 19.9 Å². The maximum absolute atomic E-state index is 11.6. The summed E-state index contributed by atoms with van der Waals surface area (Å²) in [7, 11) is -3.45. The molecule has 0 unspecified atom stereocenters. The van der Waals surface area contributed by atoms with Crippen molar-refractivity contribution in [1.82, 2.24) is 9.71 Å². The second-order valence-corrected chi connectivity index (χ2v) is 4.82. The van der Waals surface area contributed by atoms with E-state index in [0.717, 1.165) is 12.0 Å². The summed E-state index contributed by atoms with van der Waals surface area (Å²) in [6.07, 6.45) is 2.22. The SMILES string of the molecule is CCCNS(=O)(=O)c1ccc(CN)cn1. The van der Waals surface area contributed by atoms with Gasteiger partial charge >= 0.3 is 0 Å². The van der Waals surface area contributed by atoms with E-state index < -0.39 is 10.0 Å². The Kier molecular flexibility index (Phi) is 4.19. The highest BCUT2D eigenvalue weighted by atomic mass is 32.2. The summed E-state index contributed by atoms with van der Waals surface area (Å²) in [4.78, 5) is 3.84. The molecule has 0 spiro atoms. The van der Waals surface area contributed by atoms with Crippen LogP contribution in [0.3, 0.4) is 0 Å². The van der Waals surface area contributed by atoms with Crippen LogP contribution in [0.25, 0.3) is 0 Å². The van der Waals surface area contributed by atoms with Crippen molar-refractivity contribution >= 4 is 10.0 Å². The van der Waals surface area contributed by atoms with Crippen LogP contribution in [-0.2, 0) is 16.6 Å². The molecular weight excluding hydrogens is 214 g/mol. The number of hydrogen-bond acceptors (Lipinski definition) is 4. The lowest BCUT2D eigenvalue weighted by Crippen LogP contribution is -2.25. The minimum atomic E-state index is -3.45. The van der Waals surface area contributed by atoms with Crippen molar-refractivity contribution in [2.24, 2.45) is 5.73 Å². The molecule has 1 heterocycles. The van der Waals surface area contributed by atoms with Gasteiger partial charge in [-0.2, -0.15) is 0 Å². The summed E-state index contributed by atoms with van der Waals surface area (Å²) in [6, 6.07) is 3.12. The summed E-state index contributed by atoms with van der Waals surface area (Å²) >= 11 is 0. The Balaban J connectivity index is 2.86. The number of nitrogens with two attached hydrogens (primary N) is 1. The first-order valence-corrected chi connectivity index (χ1v) is 6.23. The van der Waals surface area contributed by atoms with Crippen LogP contribution < -0.4 is 10.5 Å². The van der Waals surface area contributed by atoms with Gasteiger partial charge in [0.1, 0.15) is 0 Å². The Morgan fingerprint density at radius 3 is 2.67 bits per heavy atom. The minimum Gasteiger partial charge on any atom is -0.326 e. The lowest BCUT2D eigenvalue weighted by molar-refractivity contribution is 0.577. The molecule has 0 fully saturated rings. The van der Waals surface area contributed by atoms with Crippen molar-refractivity contribution in [2.75, 3.05) is 6.54 Å². The fourth-order valence-electron chi connectivity index (χ4n) is 1.00. The van der Waals surface area contributed by atoms with E-state index in [1.165, 1.54) is 12.3 Å². The average molecular weight is 229 g/mol. The number of sulfonamides is 1. The third kappa shape index (κ3) is 3.26. The molecule has 84 valence electrons. The molecule has 0 saturated heterocycles. The van der Waals surface area contributed by atoms with Gasteiger partial charge in [0.05, 0.1) is 0 Å². The van der Waals surface area contributed by atoms with E-state index in [1.54, 1.807) is 6.07 Å². The van der Waals surface area contributed by atoms with Gasteiger partial charge in [-0.05, 0) is 18.1 Å². The second-order valence-electron chi connectivity index (χ2n) is 3.11. The first-order valence-electron chi connectivity index (χ1n) is 4.75. The highest BCUT2D eigenvalue weighted by molar-refractivity contribution is 7.89. The molecule has 0 aliphatic carbocycles. The van der Waals surface area contributed by atoms with E-state index in [1.807, 2.05) is 6.92 Å². The topological polar surface area (TPSA) is 85.1 Å². The summed E-state index contributed by atoms with van der Waals surface area (Å²) in [5.74, 6) is 0. The van der Waals surface area contributed by atoms with Crippen molar-refractivity contribution in [3.63, 3.8) is 0 Å². The van der Waals surface area contributed by atoms with E-state index in [0.29, 0.717) is 13.1 Å². The van der Waals surface area contributed by atoms with Crippen molar-refractivity contribution in [2.45, 2.75) is 24.9 Å². The number of hydrogen-bond donors (Lipinski definition) is 2. The molecule has 0 bridgehead atoms. The molecule has 15 heavy (non-hydrogen) atoms. The first kappa shape index (κ1) is 12.1. The van der Waals surface area contributed by atoms with Crippen molar-refractivity contribution in [3.05, 3.63) is 23.9 Å². The number of pyridine rings is 1. The molecule has 0 aliphatic rings. The normalized spacial score (nSPS) is 11.6. The van der Waals surface area contributed by atoms with Gasteiger partial charge in [0.25, 0.3) is 10.0 Å². The maximum Gasteiger partial charge on any atom is 0.258 e. The van der Waals surface area contributed by atoms with Gasteiger partial charge in [-0.1, -0.05) is 13.0 Å². The Hall–Kier alpha value is -0.980. The molecular formula is C9H15N3O2S. The molecule has 1 aromatic heterocycles. The predicted molar refractivity (Wildman–Crippen MR) is 57.6 cm³/mol. The Morgan fingerprint density at radius 2 is 2.20 bits per heavy atom. The molecule has 0 aromatic carbocycles. The van der Waals surface area contributed by atoms with Crippen LogP contribution in [0.1, 0.15) is 18.9 Å². The van der Waals surface area contributed by atoms with Gasteiger partial charge in [0.2, 0.25) is 0 Å². The standard InChI is InChI=1S/C9H15N3O2S/c1-2-5-12-15(13,14)9-4-3-8(6-10)7-11-9/h3-4,7,12H,2,5-6,10H2,1H3. The molecule has 3 N–H and O–H groups in total. The Bertz CT molecular complexity index is 400. The van der Waals surface area contributed by atoms with Crippen molar-refractivity contribution in [1.29, 1.82) is 0 Å². The molecule has 0 radical (unpaired) electrons. The molecule has 0 atom stereocenters. The fourth-order valence-corrected chi connectivity index (χ4v) is 2.06. The molecule has 1 aromatic rings. The van der Waals surface area contributed by atoms with Gasteiger partial charge in [-0.15, -0.1) is 0 Å². The fraction of sp³-hybridized carbons (Fsp3) is 0.444. The van der Waals surface area contributed by atoms with E-state index >= 15 is 0 Å². The summed E-state index contributed by atoms with van der Waals surface area (Å²) in [5.41, 5.74) is 6.19.